The third-order valence-corrected chi connectivity index (χ3v) is 4.22. The number of aryl methyl sites for hydroxylation is 1. The third-order valence-electron chi connectivity index (χ3n) is 2.86. The number of benzene rings is 1. The predicted octanol–water partition coefficient (Wildman–Crippen LogP) is 4.05. The fraction of sp³-hybridized carbons (Fsp3) is 0.571. The molecule has 0 bridgehead atoms. The summed E-state index contributed by atoms with van der Waals surface area (Å²) in [5, 5.41) is 0. The largest absolute Gasteiger partial charge is 0.416 e. The highest BCUT2D eigenvalue weighted by molar-refractivity contribution is 8.00. The molecule has 0 amide bonds. The van der Waals surface area contributed by atoms with E-state index in [4.69, 9.17) is 5.84 Å². The fourth-order valence-corrected chi connectivity index (χ4v) is 2.75. The third kappa shape index (κ3) is 5.00. The highest BCUT2D eigenvalue weighted by Crippen LogP contribution is 2.33. The van der Waals surface area contributed by atoms with Crippen LogP contribution >= 0.6 is 11.8 Å². The molecule has 1 rings (SSSR count). The molecule has 0 aliphatic heterocycles. The van der Waals surface area contributed by atoms with E-state index in [1.165, 1.54) is 12.1 Å². The molecule has 0 saturated heterocycles. The van der Waals surface area contributed by atoms with Gasteiger partial charge in [0.15, 0.2) is 0 Å². The quantitative estimate of drug-likeness (QED) is 0.651. The summed E-state index contributed by atoms with van der Waals surface area (Å²) in [6.07, 6.45) is -4.31. The van der Waals surface area contributed by atoms with Crippen LogP contribution in [-0.4, -0.2) is 10.5 Å². The SMILES string of the molecule is Cc1cc(C(F)(F)F)ccc1C(CSC(C)(C)C)NN. The maximum absolute atomic E-state index is 12.6. The molecule has 20 heavy (non-hydrogen) atoms. The van der Waals surface area contributed by atoms with Gasteiger partial charge in [-0.2, -0.15) is 24.9 Å². The number of halogens is 3. The van der Waals surface area contributed by atoms with Crippen molar-refractivity contribution in [1.29, 1.82) is 0 Å². The van der Waals surface area contributed by atoms with Crippen molar-refractivity contribution in [2.45, 2.75) is 44.7 Å². The molecule has 0 aromatic heterocycles. The average molecular weight is 306 g/mol. The number of nitrogens with one attached hydrogen (secondary N) is 1. The van der Waals surface area contributed by atoms with E-state index in [0.717, 1.165) is 11.6 Å². The molecular weight excluding hydrogens is 285 g/mol. The zero-order valence-electron chi connectivity index (χ0n) is 12.1. The Morgan fingerprint density at radius 3 is 2.25 bits per heavy atom. The van der Waals surface area contributed by atoms with E-state index in [1.807, 2.05) is 0 Å². The summed E-state index contributed by atoms with van der Waals surface area (Å²) in [4.78, 5) is 0. The van der Waals surface area contributed by atoms with Gasteiger partial charge in [-0.05, 0) is 30.2 Å². The van der Waals surface area contributed by atoms with Gasteiger partial charge in [-0.15, -0.1) is 0 Å². The van der Waals surface area contributed by atoms with Crippen LogP contribution in [0.5, 0.6) is 0 Å². The topological polar surface area (TPSA) is 38.0 Å². The van der Waals surface area contributed by atoms with Gasteiger partial charge in [-0.3, -0.25) is 11.3 Å². The zero-order valence-corrected chi connectivity index (χ0v) is 13.0. The standard InChI is InChI=1S/C14H21F3N2S/c1-9-7-10(14(15,16)17)5-6-11(9)12(19-18)8-20-13(2,3)4/h5-7,12,19H,8,18H2,1-4H3. The number of alkyl halides is 3. The minimum absolute atomic E-state index is 0.0783. The molecule has 0 spiro atoms. The van der Waals surface area contributed by atoms with Crippen LogP contribution in [0.15, 0.2) is 18.2 Å². The molecule has 0 aliphatic rings. The summed E-state index contributed by atoms with van der Waals surface area (Å²) in [5.74, 6) is 6.24. The number of hydrazine groups is 1. The van der Waals surface area contributed by atoms with E-state index in [1.54, 1.807) is 18.7 Å². The molecule has 0 saturated carbocycles. The van der Waals surface area contributed by atoms with Gasteiger partial charge in [0.1, 0.15) is 0 Å². The van der Waals surface area contributed by atoms with Crippen molar-refractivity contribution in [1.82, 2.24) is 5.43 Å². The van der Waals surface area contributed by atoms with Gasteiger partial charge in [0, 0.05) is 10.5 Å². The average Bonchev–Trinajstić information content (AvgIpc) is 2.28. The Hall–Kier alpha value is -0.720. The van der Waals surface area contributed by atoms with Crippen molar-refractivity contribution in [3.63, 3.8) is 0 Å². The molecule has 114 valence electrons. The first-order valence-electron chi connectivity index (χ1n) is 6.32. The van der Waals surface area contributed by atoms with Crippen molar-refractivity contribution in [2.75, 3.05) is 5.75 Å². The first-order chi connectivity index (χ1) is 9.04. The molecule has 1 aromatic rings. The van der Waals surface area contributed by atoms with Crippen LogP contribution < -0.4 is 11.3 Å². The van der Waals surface area contributed by atoms with Gasteiger partial charge in [0.25, 0.3) is 0 Å². The number of hydrogen-bond acceptors (Lipinski definition) is 3. The van der Waals surface area contributed by atoms with Gasteiger partial charge in [-0.25, -0.2) is 0 Å². The Labute approximate surface area is 122 Å². The number of rotatable bonds is 4. The van der Waals surface area contributed by atoms with Crippen LogP contribution in [0.1, 0.15) is 43.5 Å². The lowest BCUT2D eigenvalue weighted by Gasteiger charge is -2.24. The van der Waals surface area contributed by atoms with E-state index in [-0.39, 0.29) is 10.8 Å². The van der Waals surface area contributed by atoms with Gasteiger partial charge in [-0.1, -0.05) is 26.8 Å². The molecular formula is C14H21F3N2S. The molecule has 2 nitrogen and oxygen atoms in total. The molecule has 0 heterocycles. The summed E-state index contributed by atoms with van der Waals surface area (Å²) in [6.45, 7) is 7.94. The Bertz CT molecular complexity index is 453. The summed E-state index contributed by atoms with van der Waals surface area (Å²) < 4.78 is 38.0. The van der Waals surface area contributed by atoms with Crippen LogP contribution in [-0.2, 0) is 6.18 Å². The first kappa shape index (κ1) is 17.3. The van der Waals surface area contributed by atoms with Crippen molar-refractivity contribution in [2.24, 2.45) is 5.84 Å². The maximum atomic E-state index is 12.6. The lowest BCUT2D eigenvalue weighted by Crippen LogP contribution is -2.31. The summed E-state index contributed by atoms with van der Waals surface area (Å²) >= 11 is 1.71. The Kier molecular flexibility index (Phi) is 5.52. The monoisotopic (exact) mass is 306 g/mol. The Balaban J connectivity index is 2.94. The molecule has 0 fully saturated rings. The zero-order chi connectivity index (χ0) is 15.6. The molecule has 0 aliphatic carbocycles. The minimum Gasteiger partial charge on any atom is -0.271 e. The van der Waals surface area contributed by atoms with E-state index < -0.39 is 11.7 Å². The molecule has 3 N–H and O–H groups in total. The summed E-state index contributed by atoms with van der Waals surface area (Å²) in [5.41, 5.74) is 3.46. The second kappa shape index (κ2) is 6.37. The van der Waals surface area contributed by atoms with Crippen LogP contribution in [0.3, 0.4) is 0 Å². The molecule has 1 atom stereocenters. The van der Waals surface area contributed by atoms with Crippen LogP contribution in [0, 0.1) is 6.92 Å². The van der Waals surface area contributed by atoms with Crippen LogP contribution in [0.4, 0.5) is 13.2 Å². The minimum atomic E-state index is -4.31. The second-order valence-corrected chi connectivity index (χ2v) is 7.56. The summed E-state index contributed by atoms with van der Waals surface area (Å²) in [6, 6.07) is 3.61. The maximum Gasteiger partial charge on any atom is 0.416 e. The highest BCUT2D eigenvalue weighted by Gasteiger charge is 2.31. The lowest BCUT2D eigenvalue weighted by molar-refractivity contribution is -0.137. The van der Waals surface area contributed by atoms with Gasteiger partial charge >= 0.3 is 6.18 Å². The normalized spacial score (nSPS) is 14.4. The number of nitrogens with two attached hydrogens (primary N) is 1. The van der Waals surface area contributed by atoms with Crippen molar-refractivity contribution >= 4 is 11.8 Å². The van der Waals surface area contributed by atoms with E-state index in [0.29, 0.717) is 11.3 Å². The Morgan fingerprint density at radius 1 is 1.25 bits per heavy atom. The van der Waals surface area contributed by atoms with Gasteiger partial charge in [0.2, 0.25) is 0 Å². The number of thioether (sulfide) groups is 1. The number of hydrogen-bond donors (Lipinski definition) is 2. The van der Waals surface area contributed by atoms with Gasteiger partial charge in [0.05, 0.1) is 11.6 Å². The lowest BCUT2D eigenvalue weighted by atomic mass is 10.00. The second-order valence-electron chi connectivity index (χ2n) is 5.71. The van der Waals surface area contributed by atoms with Gasteiger partial charge < -0.3 is 0 Å². The Morgan fingerprint density at radius 2 is 1.85 bits per heavy atom. The predicted molar refractivity (Wildman–Crippen MR) is 78.5 cm³/mol. The molecule has 1 aromatic carbocycles. The van der Waals surface area contributed by atoms with Crippen molar-refractivity contribution < 1.29 is 13.2 Å². The molecule has 6 heteroatoms. The summed E-state index contributed by atoms with van der Waals surface area (Å²) in [7, 11) is 0. The van der Waals surface area contributed by atoms with Crippen LogP contribution in [0.2, 0.25) is 0 Å². The molecule has 1 unspecified atom stereocenters. The first-order valence-corrected chi connectivity index (χ1v) is 7.31. The smallest absolute Gasteiger partial charge is 0.271 e. The van der Waals surface area contributed by atoms with E-state index in [2.05, 4.69) is 26.2 Å². The van der Waals surface area contributed by atoms with E-state index >= 15 is 0 Å². The fourth-order valence-electron chi connectivity index (χ4n) is 1.80. The van der Waals surface area contributed by atoms with Crippen molar-refractivity contribution in [3.05, 3.63) is 34.9 Å². The van der Waals surface area contributed by atoms with Crippen LogP contribution in [0.25, 0.3) is 0 Å². The highest BCUT2D eigenvalue weighted by atomic mass is 32.2. The molecule has 0 radical (unpaired) electrons. The van der Waals surface area contributed by atoms with E-state index in [9.17, 15) is 13.2 Å². The van der Waals surface area contributed by atoms with Crippen molar-refractivity contribution in [3.8, 4) is 0 Å².